The molecule has 1 N–H and O–H groups in total. The van der Waals surface area contributed by atoms with Gasteiger partial charge in [-0.15, -0.1) is 0 Å². The van der Waals surface area contributed by atoms with Crippen molar-refractivity contribution in [3.8, 4) is 5.75 Å². The molecule has 0 atom stereocenters. The molecule has 0 aliphatic rings. The van der Waals surface area contributed by atoms with E-state index in [-0.39, 0.29) is 24.5 Å². The Morgan fingerprint density at radius 1 is 1.15 bits per heavy atom. The predicted octanol–water partition coefficient (Wildman–Crippen LogP) is 3.33. The van der Waals surface area contributed by atoms with Gasteiger partial charge in [-0.25, -0.2) is 8.42 Å². The molecule has 27 heavy (non-hydrogen) atoms. The molecule has 1 amide bonds. The number of benzene rings is 2. The van der Waals surface area contributed by atoms with Crippen LogP contribution in [0.3, 0.4) is 0 Å². The molecule has 0 saturated carbocycles. The molecule has 9 heteroatoms. The molecule has 0 bridgehead atoms. The van der Waals surface area contributed by atoms with E-state index in [1.165, 1.54) is 19.2 Å². The number of carbonyl (C=O) groups is 1. The summed E-state index contributed by atoms with van der Waals surface area (Å²) in [5.74, 6) is 0.120. The Balaban J connectivity index is 2.04. The molecule has 2 rings (SSSR count). The van der Waals surface area contributed by atoms with Crippen molar-refractivity contribution < 1.29 is 17.9 Å². The average molecular weight is 431 g/mol. The van der Waals surface area contributed by atoms with Gasteiger partial charge in [-0.3, -0.25) is 4.79 Å². The number of methoxy groups -OCH3 is 1. The van der Waals surface area contributed by atoms with Crippen molar-refractivity contribution in [1.82, 2.24) is 9.62 Å². The number of amides is 1. The Bertz CT molecular complexity index is 902. The Kier molecular flexibility index (Phi) is 7.49. The van der Waals surface area contributed by atoms with Gasteiger partial charge < -0.3 is 10.1 Å². The van der Waals surface area contributed by atoms with Gasteiger partial charge in [0.1, 0.15) is 5.75 Å². The van der Waals surface area contributed by atoms with E-state index in [0.29, 0.717) is 21.4 Å². The van der Waals surface area contributed by atoms with Gasteiger partial charge in [0.05, 0.1) is 18.6 Å². The van der Waals surface area contributed by atoms with Crippen molar-refractivity contribution >= 4 is 39.1 Å². The summed E-state index contributed by atoms with van der Waals surface area (Å²) in [7, 11) is -2.30. The Morgan fingerprint density at radius 2 is 1.81 bits per heavy atom. The first kappa shape index (κ1) is 21.5. The molecule has 0 aliphatic heterocycles. The quantitative estimate of drug-likeness (QED) is 0.696. The number of nitrogens with zero attached hydrogens (tertiary/aromatic N) is 1. The molecule has 0 aromatic heterocycles. The van der Waals surface area contributed by atoms with Crippen LogP contribution in [0.5, 0.6) is 5.75 Å². The third-order valence-corrected chi connectivity index (χ3v) is 6.38. The lowest BCUT2D eigenvalue weighted by atomic mass is 10.2. The van der Waals surface area contributed by atoms with Gasteiger partial charge in [0.15, 0.2) is 0 Å². The molecular weight excluding hydrogens is 411 g/mol. The SMILES string of the molecule is CCN(CC(=O)NCc1ccc(Cl)cc1Cl)S(=O)(=O)c1ccc(OC)cc1. The maximum absolute atomic E-state index is 12.7. The van der Waals surface area contributed by atoms with E-state index < -0.39 is 15.9 Å². The van der Waals surface area contributed by atoms with E-state index in [0.717, 1.165) is 4.31 Å². The molecule has 2 aromatic carbocycles. The van der Waals surface area contributed by atoms with Crippen LogP contribution in [0, 0.1) is 0 Å². The molecule has 6 nitrogen and oxygen atoms in total. The third kappa shape index (κ3) is 5.59. The van der Waals surface area contributed by atoms with Crippen LogP contribution in [0.15, 0.2) is 47.4 Å². The molecule has 0 unspecified atom stereocenters. The summed E-state index contributed by atoms with van der Waals surface area (Å²) in [6.07, 6.45) is 0. The summed E-state index contributed by atoms with van der Waals surface area (Å²) >= 11 is 11.9. The molecule has 0 aliphatic carbocycles. The first-order valence-corrected chi connectivity index (χ1v) is 10.3. The maximum Gasteiger partial charge on any atom is 0.243 e. The fourth-order valence-corrected chi connectivity index (χ4v) is 4.22. The highest BCUT2D eigenvalue weighted by Crippen LogP contribution is 2.21. The van der Waals surface area contributed by atoms with Crippen LogP contribution in [0.4, 0.5) is 0 Å². The average Bonchev–Trinajstić information content (AvgIpc) is 2.65. The van der Waals surface area contributed by atoms with E-state index in [1.54, 1.807) is 37.3 Å². The van der Waals surface area contributed by atoms with Crippen LogP contribution >= 0.6 is 23.2 Å². The molecule has 2 aromatic rings. The predicted molar refractivity (Wildman–Crippen MR) is 106 cm³/mol. The lowest BCUT2D eigenvalue weighted by Gasteiger charge is -2.20. The Labute approximate surface area is 169 Å². The van der Waals surface area contributed by atoms with Gasteiger partial charge in [-0.1, -0.05) is 36.2 Å². The number of ether oxygens (including phenoxy) is 1. The Morgan fingerprint density at radius 3 is 2.37 bits per heavy atom. The number of halogens is 2. The number of likely N-dealkylation sites (N-methyl/N-ethyl adjacent to an activating group) is 1. The number of sulfonamides is 1. The van der Waals surface area contributed by atoms with E-state index in [4.69, 9.17) is 27.9 Å². The van der Waals surface area contributed by atoms with Crippen molar-refractivity contribution in [2.24, 2.45) is 0 Å². The monoisotopic (exact) mass is 430 g/mol. The van der Waals surface area contributed by atoms with Crippen LogP contribution in [0.2, 0.25) is 10.0 Å². The summed E-state index contributed by atoms with van der Waals surface area (Å²) in [6, 6.07) is 11.0. The molecule has 0 radical (unpaired) electrons. The second kappa shape index (κ2) is 9.41. The van der Waals surface area contributed by atoms with Crippen LogP contribution in [0.25, 0.3) is 0 Å². The number of nitrogens with one attached hydrogen (secondary N) is 1. The summed E-state index contributed by atoms with van der Waals surface area (Å²) in [6.45, 7) is 1.71. The van der Waals surface area contributed by atoms with Gasteiger partial charge in [-0.2, -0.15) is 4.31 Å². The normalized spacial score (nSPS) is 11.4. The lowest BCUT2D eigenvalue weighted by molar-refractivity contribution is -0.121. The standard InChI is InChI=1S/C18H20Cl2N2O4S/c1-3-22(27(24,25)16-8-6-15(26-2)7-9-16)12-18(23)21-11-13-4-5-14(19)10-17(13)20/h4-10H,3,11-12H2,1-2H3,(H,21,23). The first-order chi connectivity index (χ1) is 12.8. The minimum atomic E-state index is -3.79. The van der Waals surface area contributed by atoms with Crippen LogP contribution in [-0.4, -0.2) is 38.8 Å². The van der Waals surface area contributed by atoms with Crippen LogP contribution in [0.1, 0.15) is 12.5 Å². The van der Waals surface area contributed by atoms with Crippen molar-refractivity contribution in [3.05, 3.63) is 58.1 Å². The van der Waals surface area contributed by atoms with Gasteiger partial charge in [0.2, 0.25) is 15.9 Å². The zero-order chi connectivity index (χ0) is 20.0. The number of hydrogen-bond donors (Lipinski definition) is 1. The van der Waals surface area contributed by atoms with Crippen LogP contribution < -0.4 is 10.1 Å². The van der Waals surface area contributed by atoms with Gasteiger partial charge in [0, 0.05) is 23.1 Å². The third-order valence-electron chi connectivity index (χ3n) is 3.86. The van der Waals surface area contributed by atoms with E-state index in [1.807, 2.05) is 0 Å². The van der Waals surface area contributed by atoms with E-state index in [2.05, 4.69) is 5.32 Å². The zero-order valence-electron chi connectivity index (χ0n) is 14.9. The van der Waals surface area contributed by atoms with Gasteiger partial charge in [-0.05, 0) is 42.0 Å². The second-order valence-electron chi connectivity index (χ2n) is 5.62. The number of rotatable bonds is 8. The molecule has 146 valence electrons. The topological polar surface area (TPSA) is 75.7 Å². The summed E-state index contributed by atoms with van der Waals surface area (Å²) in [5, 5.41) is 3.60. The summed E-state index contributed by atoms with van der Waals surface area (Å²) in [5.41, 5.74) is 0.690. The van der Waals surface area contributed by atoms with Gasteiger partial charge >= 0.3 is 0 Å². The van der Waals surface area contributed by atoms with Gasteiger partial charge in [0.25, 0.3) is 0 Å². The van der Waals surface area contributed by atoms with E-state index in [9.17, 15) is 13.2 Å². The highest BCUT2D eigenvalue weighted by atomic mass is 35.5. The number of carbonyl (C=O) groups excluding carboxylic acids is 1. The van der Waals surface area contributed by atoms with E-state index >= 15 is 0 Å². The lowest BCUT2D eigenvalue weighted by Crippen LogP contribution is -2.40. The molecule has 0 saturated heterocycles. The first-order valence-electron chi connectivity index (χ1n) is 8.12. The molecule has 0 fully saturated rings. The number of hydrogen-bond acceptors (Lipinski definition) is 4. The van der Waals surface area contributed by atoms with Crippen molar-refractivity contribution in [3.63, 3.8) is 0 Å². The van der Waals surface area contributed by atoms with Crippen LogP contribution in [-0.2, 0) is 21.4 Å². The molecule has 0 spiro atoms. The summed E-state index contributed by atoms with van der Waals surface area (Å²) < 4.78 is 31.6. The highest BCUT2D eigenvalue weighted by molar-refractivity contribution is 7.89. The Hall–Kier alpha value is -1.80. The largest absolute Gasteiger partial charge is 0.497 e. The second-order valence-corrected chi connectivity index (χ2v) is 8.40. The highest BCUT2D eigenvalue weighted by Gasteiger charge is 2.25. The fourth-order valence-electron chi connectivity index (χ4n) is 2.34. The molecule has 0 heterocycles. The van der Waals surface area contributed by atoms with Crippen molar-refractivity contribution in [1.29, 1.82) is 0 Å². The minimum absolute atomic E-state index is 0.0960. The maximum atomic E-state index is 12.7. The van der Waals surface area contributed by atoms with Crippen molar-refractivity contribution in [2.45, 2.75) is 18.4 Å². The minimum Gasteiger partial charge on any atom is -0.497 e. The van der Waals surface area contributed by atoms with Crippen molar-refractivity contribution in [2.75, 3.05) is 20.2 Å². The zero-order valence-corrected chi connectivity index (χ0v) is 17.2. The fraction of sp³-hybridized carbons (Fsp3) is 0.278. The molecular formula is C18H20Cl2N2O4S. The summed E-state index contributed by atoms with van der Waals surface area (Å²) in [4.78, 5) is 12.3. The smallest absolute Gasteiger partial charge is 0.243 e.